The predicted octanol–water partition coefficient (Wildman–Crippen LogP) is 2.72. The van der Waals surface area contributed by atoms with Gasteiger partial charge >= 0.3 is 0 Å². The van der Waals surface area contributed by atoms with E-state index in [-0.39, 0.29) is 11.2 Å². The Hall–Kier alpha value is -3.85. The van der Waals surface area contributed by atoms with Gasteiger partial charge in [0.15, 0.2) is 16.9 Å². The number of hydrogen-bond acceptors (Lipinski definition) is 7. The van der Waals surface area contributed by atoms with Gasteiger partial charge in [-0.05, 0) is 24.6 Å². The number of phenols is 1. The fraction of sp³-hybridized carbons (Fsp3) is 0.261. The van der Waals surface area contributed by atoms with E-state index >= 15 is 0 Å². The molecule has 32 heavy (non-hydrogen) atoms. The monoisotopic (exact) mass is 433 g/mol. The molecule has 2 aromatic heterocycles. The van der Waals surface area contributed by atoms with E-state index in [0.717, 1.165) is 37.5 Å². The number of phenolic OH excluding ortho intramolecular Hbond substituents is 1. The Balaban J connectivity index is 1.57. The van der Waals surface area contributed by atoms with Crippen LogP contribution in [0.25, 0.3) is 27.8 Å². The molecule has 0 amide bonds. The minimum atomic E-state index is -0.0479. The number of aromatic nitrogens is 4. The summed E-state index contributed by atoms with van der Waals surface area (Å²) in [5, 5.41) is 19.2. The van der Waals surface area contributed by atoms with Crippen molar-refractivity contribution in [2.75, 3.05) is 38.3 Å². The van der Waals surface area contributed by atoms with Crippen LogP contribution in [0.3, 0.4) is 0 Å². The second kappa shape index (κ2) is 8.35. The minimum absolute atomic E-state index is 0.0163. The van der Waals surface area contributed by atoms with Gasteiger partial charge in [-0.25, -0.2) is 4.68 Å². The van der Waals surface area contributed by atoms with Crippen molar-refractivity contribution in [3.05, 3.63) is 58.9 Å². The fourth-order valence-electron chi connectivity index (χ4n) is 3.96. The summed E-state index contributed by atoms with van der Waals surface area (Å²) in [5.74, 6) is 1.17. The van der Waals surface area contributed by atoms with Crippen LogP contribution in [-0.4, -0.2) is 58.5 Å². The molecule has 0 atom stereocenters. The molecule has 9 nitrogen and oxygen atoms in total. The highest BCUT2D eigenvalue weighted by Gasteiger charge is 2.16. The van der Waals surface area contributed by atoms with Gasteiger partial charge in [-0.15, -0.1) is 5.10 Å². The maximum absolute atomic E-state index is 12.9. The van der Waals surface area contributed by atoms with Gasteiger partial charge in [0.2, 0.25) is 0 Å². The van der Waals surface area contributed by atoms with E-state index in [1.165, 1.54) is 7.11 Å². The highest BCUT2D eigenvalue weighted by atomic mass is 16.5. The normalized spacial score (nSPS) is 14.5. The van der Waals surface area contributed by atoms with E-state index < -0.39 is 0 Å². The maximum Gasteiger partial charge on any atom is 0.191 e. The number of nitrogens with zero attached hydrogens (tertiary/aromatic N) is 4. The van der Waals surface area contributed by atoms with Crippen molar-refractivity contribution in [1.82, 2.24) is 20.0 Å². The van der Waals surface area contributed by atoms with Crippen molar-refractivity contribution < 1.29 is 14.6 Å². The van der Waals surface area contributed by atoms with Crippen LogP contribution in [0.4, 0.5) is 5.82 Å². The summed E-state index contributed by atoms with van der Waals surface area (Å²) in [7, 11) is 1.50. The average molecular weight is 433 g/mol. The highest BCUT2D eigenvalue weighted by Crippen LogP contribution is 2.30. The molecule has 1 aliphatic rings. The third kappa shape index (κ3) is 3.67. The summed E-state index contributed by atoms with van der Waals surface area (Å²) in [6.45, 7) is 2.90. The number of aromatic amines is 1. The van der Waals surface area contributed by atoms with E-state index in [9.17, 15) is 9.90 Å². The largest absolute Gasteiger partial charge is 0.504 e. The Labute approximate surface area is 183 Å². The second-order valence-corrected chi connectivity index (χ2v) is 7.60. The smallest absolute Gasteiger partial charge is 0.191 e. The van der Waals surface area contributed by atoms with Gasteiger partial charge in [0.1, 0.15) is 11.5 Å². The van der Waals surface area contributed by atoms with Gasteiger partial charge in [-0.3, -0.25) is 4.79 Å². The number of pyridine rings is 1. The van der Waals surface area contributed by atoms with Crippen LogP contribution in [0.1, 0.15) is 6.42 Å². The Kier molecular flexibility index (Phi) is 5.24. The number of rotatable bonds is 4. The van der Waals surface area contributed by atoms with Crippen molar-refractivity contribution in [2.24, 2.45) is 0 Å². The quantitative estimate of drug-likeness (QED) is 0.510. The third-order valence-corrected chi connectivity index (χ3v) is 5.61. The average Bonchev–Trinajstić information content (AvgIpc) is 3.13. The number of H-pyrrole nitrogens is 1. The molecule has 1 fully saturated rings. The molecule has 0 unspecified atom stereocenters. The number of para-hydroxylation sites is 1. The molecule has 9 heteroatoms. The maximum atomic E-state index is 12.9. The first-order valence-corrected chi connectivity index (χ1v) is 10.4. The number of benzene rings is 2. The van der Waals surface area contributed by atoms with Crippen molar-refractivity contribution in [3.8, 4) is 28.4 Å². The van der Waals surface area contributed by atoms with E-state index in [2.05, 4.69) is 20.2 Å². The summed E-state index contributed by atoms with van der Waals surface area (Å²) < 4.78 is 12.2. The molecule has 3 heterocycles. The number of hydrogen-bond donors (Lipinski definition) is 2. The van der Waals surface area contributed by atoms with E-state index in [1.807, 2.05) is 12.1 Å². The summed E-state index contributed by atoms with van der Waals surface area (Å²) in [4.78, 5) is 18.5. The predicted molar refractivity (Wildman–Crippen MR) is 121 cm³/mol. The Morgan fingerprint density at radius 1 is 1.16 bits per heavy atom. The molecule has 164 valence electrons. The first kappa shape index (κ1) is 20.1. The Bertz CT molecular complexity index is 1320. The van der Waals surface area contributed by atoms with Gasteiger partial charge in [0.25, 0.3) is 0 Å². The SMILES string of the molecule is COc1ccc(-n2cc(-c3cccc4c(=O)cc(N5CCCOCC5)[nH]c34)nn2)cc1O. The van der Waals surface area contributed by atoms with Crippen LogP contribution in [0, 0.1) is 0 Å². The van der Waals surface area contributed by atoms with E-state index in [1.54, 1.807) is 41.2 Å². The molecule has 5 rings (SSSR count). The molecular weight excluding hydrogens is 410 g/mol. The number of anilines is 1. The molecular formula is C23H23N5O4. The van der Waals surface area contributed by atoms with Gasteiger partial charge in [-0.1, -0.05) is 17.3 Å². The van der Waals surface area contributed by atoms with Crippen LogP contribution < -0.4 is 15.1 Å². The zero-order valence-electron chi connectivity index (χ0n) is 17.6. The molecule has 0 radical (unpaired) electrons. The number of fused-ring (bicyclic) bond motifs is 1. The number of methoxy groups -OCH3 is 1. The van der Waals surface area contributed by atoms with Gasteiger partial charge in [0.05, 0.1) is 31.1 Å². The topological polar surface area (TPSA) is 106 Å². The first-order chi connectivity index (χ1) is 15.6. The second-order valence-electron chi connectivity index (χ2n) is 7.60. The van der Waals surface area contributed by atoms with Gasteiger partial charge in [-0.2, -0.15) is 0 Å². The zero-order valence-corrected chi connectivity index (χ0v) is 17.6. The molecule has 0 aliphatic carbocycles. The van der Waals surface area contributed by atoms with Crippen LogP contribution in [-0.2, 0) is 4.74 Å². The van der Waals surface area contributed by atoms with Crippen molar-refractivity contribution in [2.45, 2.75) is 6.42 Å². The highest BCUT2D eigenvalue weighted by molar-refractivity contribution is 5.93. The zero-order chi connectivity index (χ0) is 22.1. The van der Waals surface area contributed by atoms with Crippen LogP contribution in [0.15, 0.2) is 53.5 Å². The lowest BCUT2D eigenvalue weighted by Gasteiger charge is -2.22. The number of ether oxygens (including phenoxy) is 2. The molecule has 0 bridgehead atoms. The van der Waals surface area contributed by atoms with E-state index in [4.69, 9.17) is 9.47 Å². The van der Waals surface area contributed by atoms with Crippen molar-refractivity contribution >= 4 is 16.7 Å². The molecule has 4 aromatic rings. The van der Waals surface area contributed by atoms with E-state index in [0.29, 0.717) is 34.6 Å². The van der Waals surface area contributed by atoms with Gasteiger partial charge in [0, 0.05) is 42.8 Å². The molecule has 0 spiro atoms. The lowest BCUT2D eigenvalue weighted by atomic mass is 10.1. The molecule has 2 aromatic carbocycles. The van der Waals surface area contributed by atoms with Crippen LogP contribution >= 0.6 is 0 Å². The summed E-state index contributed by atoms with van der Waals surface area (Å²) in [5.41, 5.74) is 2.69. The first-order valence-electron chi connectivity index (χ1n) is 10.4. The standard InChI is InChI=1S/C23H23N5O4/c1-31-21-7-6-15(12-20(21)30)28-14-18(25-26-28)16-4-2-5-17-19(29)13-22(24-23(16)17)27-8-3-10-32-11-9-27/h2,4-7,12-14,30H,3,8-11H2,1H3,(H,24,29). The van der Waals surface area contributed by atoms with Gasteiger partial charge < -0.3 is 24.5 Å². The fourth-order valence-corrected chi connectivity index (χ4v) is 3.96. The molecule has 2 N–H and O–H groups in total. The Morgan fingerprint density at radius 3 is 2.91 bits per heavy atom. The summed E-state index contributed by atoms with van der Waals surface area (Å²) in [6, 6.07) is 12.2. The number of nitrogens with one attached hydrogen (secondary N) is 1. The lowest BCUT2D eigenvalue weighted by molar-refractivity contribution is 0.152. The third-order valence-electron chi connectivity index (χ3n) is 5.61. The summed E-state index contributed by atoms with van der Waals surface area (Å²) in [6.07, 6.45) is 2.67. The molecule has 1 aliphatic heterocycles. The minimum Gasteiger partial charge on any atom is -0.504 e. The van der Waals surface area contributed by atoms with Crippen LogP contribution in [0.5, 0.6) is 11.5 Å². The molecule has 0 saturated carbocycles. The number of aromatic hydroxyl groups is 1. The van der Waals surface area contributed by atoms with Crippen LogP contribution in [0.2, 0.25) is 0 Å². The van der Waals surface area contributed by atoms with Crippen molar-refractivity contribution in [3.63, 3.8) is 0 Å². The summed E-state index contributed by atoms with van der Waals surface area (Å²) >= 11 is 0. The lowest BCUT2D eigenvalue weighted by Crippen LogP contribution is -2.28. The van der Waals surface area contributed by atoms with Crippen molar-refractivity contribution in [1.29, 1.82) is 0 Å². The Morgan fingerprint density at radius 2 is 2.06 bits per heavy atom. The molecule has 1 saturated heterocycles.